The summed E-state index contributed by atoms with van der Waals surface area (Å²) in [7, 11) is 2.23. The van der Waals surface area contributed by atoms with Gasteiger partial charge in [0.25, 0.3) is 0 Å². The van der Waals surface area contributed by atoms with Crippen LogP contribution in [0.3, 0.4) is 0 Å². The number of nitrogens with one attached hydrogen (secondary N) is 1. The van der Waals surface area contributed by atoms with Gasteiger partial charge in [-0.1, -0.05) is 12.1 Å². The molecule has 1 saturated heterocycles. The predicted molar refractivity (Wildman–Crippen MR) is 87.5 cm³/mol. The van der Waals surface area contributed by atoms with Crippen molar-refractivity contribution in [3.8, 4) is 0 Å². The van der Waals surface area contributed by atoms with Crippen LogP contribution in [0.15, 0.2) is 24.3 Å². The van der Waals surface area contributed by atoms with E-state index in [-0.39, 0.29) is 0 Å². The van der Waals surface area contributed by atoms with E-state index < -0.39 is 0 Å². The van der Waals surface area contributed by atoms with Crippen LogP contribution in [0.5, 0.6) is 0 Å². The van der Waals surface area contributed by atoms with Gasteiger partial charge in [-0.15, -0.1) is 0 Å². The highest BCUT2D eigenvalue weighted by atomic mass is 16.5. The van der Waals surface area contributed by atoms with Crippen LogP contribution in [0.1, 0.15) is 30.5 Å². The quantitative estimate of drug-likeness (QED) is 0.907. The molecule has 1 aromatic heterocycles. The van der Waals surface area contributed by atoms with E-state index in [2.05, 4.69) is 48.1 Å². The van der Waals surface area contributed by atoms with Crippen molar-refractivity contribution in [2.24, 2.45) is 5.92 Å². The molecule has 0 radical (unpaired) electrons. The van der Waals surface area contributed by atoms with Crippen molar-refractivity contribution in [3.63, 3.8) is 0 Å². The highest BCUT2D eigenvalue weighted by Crippen LogP contribution is 2.22. The number of hydrogen-bond donors (Lipinski definition) is 1. The molecule has 21 heavy (non-hydrogen) atoms. The second kappa shape index (κ2) is 6.63. The van der Waals surface area contributed by atoms with E-state index in [0.717, 1.165) is 25.7 Å². The van der Waals surface area contributed by atoms with Gasteiger partial charge in [0.1, 0.15) is 0 Å². The standard InChI is InChI=1S/C18H26N2O/c1-14-12-17-16(4-3-5-18(17)19-14)13-20(2)9-6-15-7-10-21-11-8-15/h3-5,12,15,19H,6-11,13H2,1-2H3. The first-order chi connectivity index (χ1) is 10.2. The Morgan fingerprint density at radius 1 is 1.29 bits per heavy atom. The Bertz CT molecular complexity index is 584. The Labute approximate surface area is 127 Å². The van der Waals surface area contributed by atoms with E-state index >= 15 is 0 Å². The minimum atomic E-state index is 0.853. The van der Waals surface area contributed by atoms with E-state index in [0.29, 0.717) is 0 Å². The summed E-state index contributed by atoms with van der Waals surface area (Å²) in [5.74, 6) is 0.853. The second-order valence-electron chi connectivity index (χ2n) is 6.41. The van der Waals surface area contributed by atoms with Crippen LogP contribution < -0.4 is 0 Å². The number of aromatic nitrogens is 1. The molecule has 0 atom stereocenters. The van der Waals surface area contributed by atoms with E-state index in [9.17, 15) is 0 Å². The Morgan fingerprint density at radius 2 is 2.10 bits per heavy atom. The van der Waals surface area contributed by atoms with Gasteiger partial charge >= 0.3 is 0 Å². The van der Waals surface area contributed by atoms with Gasteiger partial charge in [0.2, 0.25) is 0 Å². The van der Waals surface area contributed by atoms with Gasteiger partial charge in [0, 0.05) is 36.4 Å². The van der Waals surface area contributed by atoms with Crippen molar-refractivity contribution < 1.29 is 4.74 Å². The zero-order valence-electron chi connectivity index (χ0n) is 13.2. The fourth-order valence-electron chi connectivity index (χ4n) is 3.30. The smallest absolute Gasteiger partial charge is 0.0468 e. The van der Waals surface area contributed by atoms with Gasteiger partial charge in [-0.25, -0.2) is 0 Å². The molecule has 3 rings (SSSR count). The molecule has 0 amide bonds. The van der Waals surface area contributed by atoms with Gasteiger partial charge in [0.05, 0.1) is 0 Å². The predicted octanol–water partition coefficient (Wildman–Crippen LogP) is 3.72. The third-order valence-corrected chi connectivity index (χ3v) is 4.59. The summed E-state index contributed by atoms with van der Waals surface area (Å²) in [6.45, 7) is 6.23. The molecule has 3 nitrogen and oxygen atoms in total. The second-order valence-corrected chi connectivity index (χ2v) is 6.41. The Balaban J connectivity index is 1.59. The molecule has 1 N–H and O–H groups in total. The molecule has 2 aromatic rings. The lowest BCUT2D eigenvalue weighted by molar-refractivity contribution is 0.0608. The van der Waals surface area contributed by atoms with E-state index in [1.807, 2.05) is 0 Å². The number of ether oxygens (including phenoxy) is 1. The Morgan fingerprint density at radius 3 is 2.90 bits per heavy atom. The Kier molecular flexibility index (Phi) is 4.61. The average Bonchev–Trinajstić information content (AvgIpc) is 2.88. The van der Waals surface area contributed by atoms with Crippen LogP contribution in [0.25, 0.3) is 10.9 Å². The first-order valence-electron chi connectivity index (χ1n) is 8.06. The van der Waals surface area contributed by atoms with Crippen LogP contribution in [0.4, 0.5) is 0 Å². The minimum absolute atomic E-state index is 0.853. The molecule has 1 aromatic carbocycles. The molecular formula is C18H26N2O. The molecule has 0 bridgehead atoms. The maximum atomic E-state index is 5.44. The first-order valence-corrected chi connectivity index (χ1v) is 8.06. The largest absolute Gasteiger partial charge is 0.381 e. The van der Waals surface area contributed by atoms with Gasteiger partial charge in [-0.2, -0.15) is 0 Å². The minimum Gasteiger partial charge on any atom is -0.381 e. The molecule has 0 saturated carbocycles. The lowest BCUT2D eigenvalue weighted by Gasteiger charge is -2.25. The molecule has 2 heterocycles. The first kappa shape index (κ1) is 14.6. The van der Waals surface area contributed by atoms with Gasteiger partial charge in [-0.05, 0) is 63.4 Å². The molecule has 114 valence electrons. The number of H-pyrrole nitrogens is 1. The third-order valence-electron chi connectivity index (χ3n) is 4.59. The van der Waals surface area contributed by atoms with Crippen molar-refractivity contribution in [1.29, 1.82) is 0 Å². The summed E-state index contributed by atoms with van der Waals surface area (Å²) in [5.41, 5.74) is 3.91. The van der Waals surface area contributed by atoms with Crippen LogP contribution in [0.2, 0.25) is 0 Å². The molecule has 1 aliphatic rings. The van der Waals surface area contributed by atoms with E-state index in [1.165, 1.54) is 48.0 Å². The summed E-state index contributed by atoms with van der Waals surface area (Å²) in [5, 5.41) is 1.37. The van der Waals surface area contributed by atoms with Crippen molar-refractivity contribution in [2.45, 2.75) is 32.7 Å². The van der Waals surface area contributed by atoms with Gasteiger partial charge in [-0.3, -0.25) is 0 Å². The summed E-state index contributed by atoms with van der Waals surface area (Å²) in [4.78, 5) is 5.87. The highest BCUT2D eigenvalue weighted by Gasteiger charge is 2.14. The monoisotopic (exact) mass is 286 g/mol. The normalized spacial score (nSPS) is 16.9. The van der Waals surface area contributed by atoms with Crippen LogP contribution in [-0.2, 0) is 11.3 Å². The zero-order valence-corrected chi connectivity index (χ0v) is 13.2. The van der Waals surface area contributed by atoms with E-state index in [4.69, 9.17) is 4.74 Å². The molecule has 0 unspecified atom stereocenters. The number of aromatic amines is 1. The average molecular weight is 286 g/mol. The third kappa shape index (κ3) is 3.66. The summed E-state index contributed by atoms with van der Waals surface area (Å²) in [6, 6.07) is 8.82. The zero-order chi connectivity index (χ0) is 14.7. The Hall–Kier alpha value is -1.32. The maximum absolute atomic E-state index is 5.44. The van der Waals surface area contributed by atoms with E-state index in [1.54, 1.807) is 0 Å². The molecule has 1 aliphatic heterocycles. The number of benzene rings is 1. The van der Waals surface area contributed by atoms with Crippen molar-refractivity contribution in [3.05, 3.63) is 35.5 Å². The number of hydrogen-bond acceptors (Lipinski definition) is 2. The van der Waals surface area contributed by atoms with Crippen LogP contribution in [-0.4, -0.2) is 36.7 Å². The number of aryl methyl sites for hydroxylation is 1. The fraction of sp³-hybridized carbons (Fsp3) is 0.556. The molecule has 0 spiro atoms. The SMILES string of the molecule is Cc1cc2c(CN(C)CCC3CCOCC3)cccc2[nH]1. The summed E-state index contributed by atoms with van der Waals surface area (Å²) in [6.07, 6.45) is 3.77. The number of rotatable bonds is 5. The molecule has 3 heteroatoms. The van der Waals surface area contributed by atoms with Crippen LogP contribution >= 0.6 is 0 Å². The summed E-state index contributed by atoms with van der Waals surface area (Å²) < 4.78 is 5.44. The number of fused-ring (bicyclic) bond motifs is 1. The van der Waals surface area contributed by atoms with Gasteiger partial charge in [0.15, 0.2) is 0 Å². The lowest BCUT2D eigenvalue weighted by Crippen LogP contribution is -2.24. The maximum Gasteiger partial charge on any atom is 0.0468 e. The highest BCUT2D eigenvalue weighted by molar-refractivity contribution is 5.83. The number of nitrogens with zero attached hydrogens (tertiary/aromatic N) is 1. The van der Waals surface area contributed by atoms with Crippen molar-refractivity contribution >= 4 is 10.9 Å². The van der Waals surface area contributed by atoms with Crippen LogP contribution in [0, 0.1) is 12.8 Å². The fourth-order valence-corrected chi connectivity index (χ4v) is 3.30. The topological polar surface area (TPSA) is 28.3 Å². The van der Waals surface area contributed by atoms with Gasteiger partial charge < -0.3 is 14.6 Å². The molecule has 1 fully saturated rings. The summed E-state index contributed by atoms with van der Waals surface area (Å²) >= 11 is 0. The molecular weight excluding hydrogens is 260 g/mol. The van der Waals surface area contributed by atoms with Crippen molar-refractivity contribution in [1.82, 2.24) is 9.88 Å². The lowest BCUT2D eigenvalue weighted by atomic mass is 9.96. The molecule has 0 aliphatic carbocycles. The van der Waals surface area contributed by atoms with Crippen molar-refractivity contribution in [2.75, 3.05) is 26.8 Å².